The Morgan fingerprint density at radius 1 is 1.57 bits per heavy atom. The first kappa shape index (κ1) is 11.4. The molecule has 0 spiro atoms. The highest BCUT2D eigenvalue weighted by Crippen LogP contribution is 2.10. The van der Waals surface area contributed by atoms with Gasteiger partial charge in [0, 0.05) is 6.42 Å². The molecule has 1 unspecified atom stereocenters. The average molecular weight is 203 g/mol. The van der Waals surface area contributed by atoms with Crippen LogP contribution in [0.2, 0.25) is 0 Å². The molecule has 6 heteroatoms. The van der Waals surface area contributed by atoms with Gasteiger partial charge in [-0.05, 0) is 6.42 Å². The molecule has 0 fully saturated rings. The van der Waals surface area contributed by atoms with Gasteiger partial charge in [-0.3, -0.25) is 4.99 Å². The van der Waals surface area contributed by atoms with Crippen LogP contribution < -0.4 is 11.5 Å². The highest BCUT2D eigenvalue weighted by molar-refractivity contribution is 5.82. The van der Waals surface area contributed by atoms with Crippen molar-refractivity contribution < 1.29 is 14.9 Å². The molecule has 1 heterocycles. The van der Waals surface area contributed by atoms with E-state index >= 15 is 0 Å². The average Bonchev–Trinajstić information content (AvgIpc) is 2.51. The Hall–Kier alpha value is -0.690. The zero-order valence-electron chi connectivity index (χ0n) is 7.97. The van der Waals surface area contributed by atoms with Gasteiger partial charge < -0.3 is 26.4 Å². The summed E-state index contributed by atoms with van der Waals surface area (Å²) in [5.74, 6) is 0.657. The van der Waals surface area contributed by atoms with Crippen molar-refractivity contribution in [3.63, 3.8) is 0 Å². The number of amidine groups is 1. The third-order valence-corrected chi connectivity index (χ3v) is 2.09. The second kappa shape index (κ2) is 5.26. The van der Waals surface area contributed by atoms with E-state index in [9.17, 15) is 0 Å². The lowest BCUT2D eigenvalue weighted by Gasteiger charge is -2.14. The fourth-order valence-corrected chi connectivity index (χ4v) is 1.22. The smallest absolute Gasteiger partial charge is 0.169 e. The topological polar surface area (TPSA) is 114 Å². The predicted molar refractivity (Wildman–Crippen MR) is 51.7 cm³/mol. The van der Waals surface area contributed by atoms with E-state index in [1.807, 2.05) is 0 Å². The second-order valence-corrected chi connectivity index (χ2v) is 3.43. The summed E-state index contributed by atoms with van der Waals surface area (Å²) >= 11 is 0. The van der Waals surface area contributed by atoms with Crippen molar-refractivity contribution >= 4 is 5.84 Å². The molecule has 82 valence electrons. The second-order valence-electron chi connectivity index (χ2n) is 3.43. The van der Waals surface area contributed by atoms with Crippen LogP contribution in [0, 0.1) is 0 Å². The van der Waals surface area contributed by atoms with Crippen LogP contribution in [-0.2, 0) is 4.74 Å². The van der Waals surface area contributed by atoms with Crippen LogP contribution >= 0.6 is 0 Å². The van der Waals surface area contributed by atoms with E-state index in [0.717, 1.165) is 12.8 Å². The summed E-state index contributed by atoms with van der Waals surface area (Å²) in [6.45, 7) is 0.546. The molecule has 0 aromatic carbocycles. The van der Waals surface area contributed by atoms with E-state index in [2.05, 4.69) is 4.99 Å². The molecule has 6 N–H and O–H groups in total. The molecule has 1 rings (SSSR count). The van der Waals surface area contributed by atoms with E-state index in [1.165, 1.54) is 0 Å². The normalized spacial score (nSPS) is 24.0. The molecule has 0 aliphatic carbocycles. The van der Waals surface area contributed by atoms with Crippen molar-refractivity contribution in [2.24, 2.45) is 16.5 Å². The van der Waals surface area contributed by atoms with Crippen molar-refractivity contribution in [3.8, 4) is 0 Å². The number of nitrogens with zero attached hydrogens (tertiary/aromatic N) is 1. The predicted octanol–water partition coefficient (Wildman–Crippen LogP) is -1.84. The van der Waals surface area contributed by atoms with Crippen LogP contribution in [-0.4, -0.2) is 47.6 Å². The molecule has 14 heavy (non-hydrogen) atoms. The molecule has 0 saturated heterocycles. The van der Waals surface area contributed by atoms with Crippen LogP contribution in [0.25, 0.3) is 0 Å². The maximum absolute atomic E-state index is 8.66. The molecular weight excluding hydrogens is 186 g/mol. The van der Waals surface area contributed by atoms with Gasteiger partial charge in [0.25, 0.3) is 0 Å². The van der Waals surface area contributed by atoms with E-state index in [4.69, 9.17) is 26.4 Å². The van der Waals surface area contributed by atoms with Crippen molar-refractivity contribution in [1.82, 2.24) is 0 Å². The fourth-order valence-electron chi connectivity index (χ4n) is 1.22. The summed E-state index contributed by atoms with van der Waals surface area (Å²) in [7, 11) is 0. The van der Waals surface area contributed by atoms with Crippen LogP contribution in [0.3, 0.4) is 0 Å². The minimum Gasteiger partial charge on any atom is -0.387 e. The minimum atomic E-state index is -1.54. The van der Waals surface area contributed by atoms with Crippen molar-refractivity contribution in [3.05, 3.63) is 0 Å². The van der Waals surface area contributed by atoms with Crippen LogP contribution in [0.15, 0.2) is 4.99 Å². The fraction of sp³-hybridized carbons (Fsp3) is 0.875. The van der Waals surface area contributed by atoms with Gasteiger partial charge in [-0.2, -0.15) is 0 Å². The monoisotopic (exact) mass is 203 g/mol. The summed E-state index contributed by atoms with van der Waals surface area (Å²) in [6, 6.07) is -0.671. The minimum absolute atomic E-state index is 0.0954. The number of aliphatic imine (C=N–C) groups is 1. The van der Waals surface area contributed by atoms with Gasteiger partial charge in [0.2, 0.25) is 0 Å². The van der Waals surface area contributed by atoms with Crippen LogP contribution in [0.1, 0.15) is 12.8 Å². The van der Waals surface area contributed by atoms with Gasteiger partial charge in [-0.25, -0.2) is 0 Å². The number of ether oxygens (including phenoxy) is 1. The standard InChI is InChI=1S/C8H17N3O3/c9-6(8(12)13)4-14-3-5-1-2-7(10)11-5/h5-6,8,12-13H,1-4,9H2,(H2,10,11)/t5-,6?/m0/s1. The molecule has 2 atom stereocenters. The Morgan fingerprint density at radius 2 is 2.29 bits per heavy atom. The first-order valence-electron chi connectivity index (χ1n) is 4.61. The highest BCUT2D eigenvalue weighted by atomic mass is 16.5. The summed E-state index contributed by atoms with van der Waals surface area (Å²) in [4.78, 5) is 4.13. The maximum Gasteiger partial charge on any atom is 0.169 e. The van der Waals surface area contributed by atoms with E-state index in [-0.39, 0.29) is 12.6 Å². The number of aliphatic hydroxyl groups excluding tert-OH is 1. The summed E-state index contributed by atoms with van der Waals surface area (Å²) in [6.07, 6.45) is 0.165. The van der Waals surface area contributed by atoms with Crippen molar-refractivity contribution in [2.45, 2.75) is 31.2 Å². The lowest BCUT2D eigenvalue weighted by atomic mass is 10.2. The molecular formula is C8H17N3O3. The molecule has 0 saturated carbocycles. The van der Waals surface area contributed by atoms with E-state index < -0.39 is 12.3 Å². The quantitative estimate of drug-likeness (QED) is 0.392. The van der Waals surface area contributed by atoms with E-state index in [1.54, 1.807) is 0 Å². The molecule has 1 aliphatic rings. The zero-order valence-corrected chi connectivity index (χ0v) is 7.97. The SMILES string of the molecule is NC1=N[C@H](COCC(N)C(O)O)CC1. The molecule has 1 aliphatic heterocycles. The van der Waals surface area contributed by atoms with Crippen LogP contribution in [0.5, 0.6) is 0 Å². The number of nitrogens with two attached hydrogens (primary N) is 2. The molecule has 0 aromatic heterocycles. The summed E-state index contributed by atoms with van der Waals surface area (Å²) < 4.78 is 5.18. The summed E-state index contributed by atoms with van der Waals surface area (Å²) in [5.41, 5.74) is 10.8. The Balaban J connectivity index is 2.10. The number of hydrogen-bond donors (Lipinski definition) is 4. The molecule has 0 bridgehead atoms. The lowest BCUT2D eigenvalue weighted by Crippen LogP contribution is -2.39. The number of hydrogen-bond acceptors (Lipinski definition) is 6. The Labute approximate surface area is 82.6 Å². The summed E-state index contributed by atoms with van der Waals surface area (Å²) in [5, 5.41) is 17.3. The van der Waals surface area contributed by atoms with Gasteiger partial charge in [-0.1, -0.05) is 0 Å². The van der Waals surface area contributed by atoms with Gasteiger partial charge in [0.1, 0.15) is 0 Å². The van der Waals surface area contributed by atoms with Crippen LogP contribution in [0.4, 0.5) is 0 Å². The number of aliphatic hydroxyl groups is 2. The Bertz CT molecular complexity index is 208. The maximum atomic E-state index is 8.66. The first-order valence-corrected chi connectivity index (χ1v) is 4.61. The van der Waals surface area contributed by atoms with E-state index in [0.29, 0.717) is 12.4 Å². The number of rotatable bonds is 5. The molecule has 6 nitrogen and oxygen atoms in total. The van der Waals surface area contributed by atoms with Gasteiger partial charge in [0.05, 0.1) is 31.1 Å². The van der Waals surface area contributed by atoms with Gasteiger partial charge in [-0.15, -0.1) is 0 Å². The van der Waals surface area contributed by atoms with Crippen molar-refractivity contribution in [2.75, 3.05) is 13.2 Å². The lowest BCUT2D eigenvalue weighted by molar-refractivity contribution is -0.0763. The first-order chi connectivity index (χ1) is 6.59. The van der Waals surface area contributed by atoms with Crippen molar-refractivity contribution in [1.29, 1.82) is 0 Å². The Kier molecular flexibility index (Phi) is 4.27. The third-order valence-electron chi connectivity index (χ3n) is 2.09. The highest BCUT2D eigenvalue weighted by Gasteiger charge is 2.17. The largest absolute Gasteiger partial charge is 0.387 e. The third kappa shape index (κ3) is 3.59. The Morgan fingerprint density at radius 3 is 2.79 bits per heavy atom. The zero-order chi connectivity index (χ0) is 10.6. The van der Waals surface area contributed by atoms with Gasteiger partial charge >= 0.3 is 0 Å². The van der Waals surface area contributed by atoms with Gasteiger partial charge in [0.15, 0.2) is 6.29 Å². The molecule has 0 amide bonds. The molecule has 0 radical (unpaired) electrons. The molecule has 0 aromatic rings.